The highest BCUT2D eigenvalue weighted by atomic mass is 16.7. The van der Waals surface area contributed by atoms with E-state index in [0.717, 1.165) is 45.2 Å². The minimum absolute atomic E-state index is 0.0409. The number of hydrogen-bond donors (Lipinski definition) is 1. The van der Waals surface area contributed by atoms with Gasteiger partial charge in [-0.25, -0.2) is 0 Å². The van der Waals surface area contributed by atoms with Crippen molar-refractivity contribution in [1.82, 2.24) is 4.90 Å². The molecule has 5 nitrogen and oxygen atoms in total. The van der Waals surface area contributed by atoms with Crippen LogP contribution in [0.3, 0.4) is 0 Å². The van der Waals surface area contributed by atoms with E-state index in [1.54, 1.807) is 0 Å². The van der Waals surface area contributed by atoms with Crippen LogP contribution in [0, 0.1) is 11.8 Å². The molecule has 1 N–H and O–H groups in total. The van der Waals surface area contributed by atoms with Crippen molar-refractivity contribution in [2.24, 2.45) is 11.8 Å². The minimum atomic E-state index is -0.319. The van der Waals surface area contributed by atoms with Crippen LogP contribution in [0.4, 0.5) is 0 Å². The Morgan fingerprint density at radius 3 is 2.67 bits per heavy atom. The van der Waals surface area contributed by atoms with Crippen LogP contribution in [0.25, 0.3) is 0 Å². The number of carbonyl (C=O) groups is 1. The van der Waals surface area contributed by atoms with E-state index in [1.165, 1.54) is 25.7 Å². The van der Waals surface area contributed by atoms with E-state index in [9.17, 15) is 4.79 Å². The van der Waals surface area contributed by atoms with Gasteiger partial charge >= 0.3 is 0 Å². The fraction of sp³-hybridized carbons (Fsp3) is 0.842. The molecule has 0 aromatic carbocycles. The number of amides is 1. The van der Waals surface area contributed by atoms with Crippen LogP contribution in [0.1, 0.15) is 57.8 Å². The fourth-order valence-electron chi connectivity index (χ4n) is 4.16. The Hall–Kier alpha value is -1.07. The molecule has 3 rings (SSSR count). The van der Waals surface area contributed by atoms with E-state index in [1.807, 2.05) is 4.90 Å². The van der Waals surface area contributed by atoms with Gasteiger partial charge in [-0.1, -0.05) is 12.8 Å². The third-order valence-corrected chi connectivity index (χ3v) is 5.55. The van der Waals surface area contributed by atoms with Crippen molar-refractivity contribution in [2.45, 2.75) is 64.1 Å². The summed E-state index contributed by atoms with van der Waals surface area (Å²) in [6.07, 6.45) is 11.5. The first-order valence-electron chi connectivity index (χ1n) is 9.68. The summed E-state index contributed by atoms with van der Waals surface area (Å²) >= 11 is 0. The highest BCUT2D eigenvalue weighted by Gasteiger charge is 2.35. The summed E-state index contributed by atoms with van der Waals surface area (Å²) in [6, 6.07) is 0. The molecule has 2 heterocycles. The molecule has 3 aliphatic rings. The summed E-state index contributed by atoms with van der Waals surface area (Å²) in [5.41, 5.74) is 0. The average molecular weight is 337 g/mol. The van der Waals surface area contributed by atoms with Crippen LogP contribution >= 0.6 is 0 Å². The van der Waals surface area contributed by atoms with Gasteiger partial charge in [-0.3, -0.25) is 4.79 Å². The standard InChI is InChI=1S/C19H31NO4/c21-11-5-6-12-23-18-14-16(15-7-1-2-8-15)13-17(24-18)19(22)20-9-3-4-10-20/h13,15-16,18,21H,1-12,14H2/t16-,18+/m0/s1. The van der Waals surface area contributed by atoms with Gasteiger partial charge in [0, 0.05) is 26.1 Å². The predicted molar refractivity (Wildman–Crippen MR) is 91.1 cm³/mol. The van der Waals surface area contributed by atoms with E-state index in [0.29, 0.717) is 24.2 Å². The first-order valence-corrected chi connectivity index (χ1v) is 9.68. The van der Waals surface area contributed by atoms with Crippen molar-refractivity contribution in [3.63, 3.8) is 0 Å². The van der Waals surface area contributed by atoms with Crippen molar-refractivity contribution in [3.8, 4) is 0 Å². The van der Waals surface area contributed by atoms with Crippen molar-refractivity contribution < 1.29 is 19.4 Å². The number of aliphatic hydroxyl groups is 1. The molecule has 1 amide bonds. The molecule has 24 heavy (non-hydrogen) atoms. The third kappa shape index (κ3) is 4.51. The number of unbranched alkanes of at least 4 members (excludes halogenated alkanes) is 1. The predicted octanol–water partition coefficient (Wildman–Crippen LogP) is 2.83. The monoisotopic (exact) mass is 337 g/mol. The summed E-state index contributed by atoms with van der Waals surface area (Å²) in [7, 11) is 0. The Kier molecular flexibility index (Phi) is 6.55. The smallest absolute Gasteiger partial charge is 0.288 e. The van der Waals surface area contributed by atoms with Gasteiger partial charge in [0.25, 0.3) is 5.91 Å². The molecule has 1 aliphatic carbocycles. The second kappa shape index (κ2) is 8.86. The Morgan fingerprint density at radius 1 is 1.21 bits per heavy atom. The number of rotatable bonds is 7. The molecule has 0 aromatic rings. The van der Waals surface area contributed by atoms with Gasteiger partial charge in [-0.2, -0.15) is 0 Å². The molecule has 1 saturated carbocycles. The van der Waals surface area contributed by atoms with Crippen LogP contribution in [-0.4, -0.2) is 48.5 Å². The van der Waals surface area contributed by atoms with Gasteiger partial charge in [0.1, 0.15) is 0 Å². The summed E-state index contributed by atoms with van der Waals surface area (Å²) < 4.78 is 11.8. The average Bonchev–Trinajstić information content (AvgIpc) is 3.31. The molecule has 2 aliphatic heterocycles. The third-order valence-electron chi connectivity index (χ3n) is 5.55. The highest BCUT2D eigenvalue weighted by Crippen LogP contribution is 2.38. The van der Waals surface area contributed by atoms with E-state index in [4.69, 9.17) is 14.6 Å². The number of allylic oxidation sites excluding steroid dienone is 1. The quantitative estimate of drug-likeness (QED) is 0.726. The molecular weight excluding hydrogens is 306 g/mol. The highest BCUT2D eigenvalue weighted by molar-refractivity contribution is 5.91. The summed E-state index contributed by atoms with van der Waals surface area (Å²) in [4.78, 5) is 14.6. The van der Waals surface area contributed by atoms with Gasteiger partial charge in [-0.15, -0.1) is 0 Å². The molecule has 0 unspecified atom stereocenters. The molecular formula is C19H31NO4. The lowest BCUT2D eigenvalue weighted by Crippen LogP contribution is -2.36. The van der Waals surface area contributed by atoms with Gasteiger partial charge in [0.2, 0.25) is 6.29 Å². The lowest BCUT2D eigenvalue weighted by Gasteiger charge is -2.33. The molecule has 0 aromatic heterocycles. The van der Waals surface area contributed by atoms with Crippen LogP contribution in [0.2, 0.25) is 0 Å². The van der Waals surface area contributed by atoms with Gasteiger partial charge in [0.15, 0.2) is 5.76 Å². The molecule has 2 atom stereocenters. The SMILES string of the molecule is O=C(C1=C[C@H](C2CCCC2)C[C@H](OCCCCO)O1)N1CCCC1. The fourth-order valence-corrected chi connectivity index (χ4v) is 4.16. The van der Waals surface area contributed by atoms with E-state index in [2.05, 4.69) is 6.08 Å². The van der Waals surface area contributed by atoms with Crippen molar-refractivity contribution >= 4 is 5.91 Å². The number of hydrogen-bond acceptors (Lipinski definition) is 4. The second-order valence-electron chi connectivity index (χ2n) is 7.32. The topological polar surface area (TPSA) is 59.0 Å². The lowest BCUT2D eigenvalue weighted by atomic mass is 9.86. The zero-order valence-corrected chi connectivity index (χ0v) is 14.6. The van der Waals surface area contributed by atoms with Gasteiger partial charge in [-0.05, 0) is 56.4 Å². The van der Waals surface area contributed by atoms with Crippen LogP contribution in [0.5, 0.6) is 0 Å². The Labute approximate surface area is 145 Å². The zero-order valence-electron chi connectivity index (χ0n) is 14.6. The number of nitrogens with zero attached hydrogens (tertiary/aromatic N) is 1. The maximum atomic E-state index is 12.7. The van der Waals surface area contributed by atoms with Crippen LogP contribution < -0.4 is 0 Å². The van der Waals surface area contributed by atoms with E-state index in [-0.39, 0.29) is 18.8 Å². The van der Waals surface area contributed by atoms with E-state index < -0.39 is 0 Å². The Balaban J connectivity index is 1.63. The Morgan fingerprint density at radius 2 is 1.96 bits per heavy atom. The molecule has 1 saturated heterocycles. The first kappa shape index (κ1) is 17.7. The zero-order chi connectivity index (χ0) is 16.8. The van der Waals surface area contributed by atoms with Crippen molar-refractivity contribution in [3.05, 3.63) is 11.8 Å². The molecule has 0 bridgehead atoms. The summed E-state index contributed by atoms with van der Waals surface area (Å²) in [6.45, 7) is 2.46. The minimum Gasteiger partial charge on any atom is -0.459 e. The van der Waals surface area contributed by atoms with Gasteiger partial charge in [0.05, 0.1) is 6.61 Å². The Bertz CT molecular complexity index is 439. The number of carbonyl (C=O) groups excluding carboxylic acids is 1. The largest absolute Gasteiger partial charge is 0.459 e. The maximum Gasteiger partial charge on any atom is 0.288 e. The first-order chi connectivity index (χ1) is 11.8. The van der Waals surface area contributed by atoms with Crippen molar-refractivity contribution in [2.75, 3.05) is 26.3 Å². The van der Waals surface area contributed by atoms with Crippen molar-refractivity contribution in [1.29, 1.82) is 0 Å². The molecule has 2 fully saturated rings. The second-order valence-corrected chi connectivity index (χ2v) is 7.32. The van der Waals surface area contributed by atoms with Gasteiger partial charge < -0.3 is 19.5 Å². The lowest BCUT2D eigenvalue weighted by molar-refractivity contribution is -0.156. The summed E-state index contributed by atoms with van der Waals surface area (Å²) in [5, 5.41) is 8.88. The molecule has 136 valence electrons. The van der Waals surface area contributed by atoms with Crippen LogP contribution in [-0.2, 0) is 14.3 Å². The maximum absolute atomic E-state index is 12.7. The normalized spacial score (nSPS) is 28.0. The number of aliphatic hydroxyl groups excluding tert-OH is 1. The number of ether oxygens (including phenoxy) is 2. The summed E-state index contributed by atoms with van der Waals surface area (Å²) in [5.74, 6) is 1.61. The van der Waals surface area contributed by atoms with E-state index >= 15 is 0 Å². The molecule has 5 heteroatoms. The van der Waals surface area contributed by atoms with Crippen LogP contribution in [0.15, 0.2) is 11.8 Å². The number of likely N-dealkylation sites (tertiary alicyclic amines) is 1. The molecule has 0 radical (unpaired) electrons. The molecule has 0 spiro atoms.